The number of hydrogen-bond acceptors (Lipinski definition) is 8. The Labute approximate surface area is 183 Å². The standard InChI is InChI=1S/C23H20N2O5S/c1-2-27-23(26)30-19-12-25-22(24)20-15(14-31-21(19)20)13-28-17-9-6-10-18(11-17)29-16-7-4-3-5-8-16/h3-12,14H,2,13H2,1H3,(H2,24,25). The third kappa shape index (κ3) is 4.87. The highest BCUT2D eigenvalue weighted by atomic mass is 32.1. The molecular formula is C23H20N2O5S. The smallest absolute Gasteiger partial charge is 0.489 e. The molecule has 2 heterocycles. The molecule has 31 heavy (non-hydrogen) atoms. The van der Waals surface area contributed by atoms with Crippen molar-refractivity contribution in [2.75, 3.05) is 12.3 Å². The maximum atomic E-state index is 11.7. The number of anilines is 1. The largest absolute Gasteiger partial charge is 0.513 e. The van der Waals surface area contributed by atoms with Crippen LogP contribution in [0.3, 0.4) is 0 Å². The first-order valence-electron chi connectivity index (χ1n) is 9.59. The molecule has 0 aliphatic rings. The summed E-state index contributed by atoms with van der Waals surface area (Å²) in [4.78, 5) is 15.8. The normalized spacial score (nSPS) is 10.6. The zero-order chi connectivity index (χ0) is 21.6. The number of para-hydroxylation sites is 1. The fourth-order valence-corrected chi connectivity index (χ4v) is 3.95. The molecule has 0 fully saturated rings. The highest BCUT2D eigenvalue weighted by Gasteiger charge is 2.17. The van der Waals surface area contributed by atoms with E-state index in [-0.39, 0.29) is 13.2 Å². The van der Waals surface area contributed by atoms with E-state index in [1.165, 1.54) is 17.5 Å². The summed E-state index contributed by atoms with van der Waals surface area (Å²) in [6.07, 6.45) is 0.636. The van der Waals surface area contributed by atoms with Crippen LogP contribution in [0.2, 0.25) is 0 Å². The quantitative estimate of drug-likeness (QED) is 0.367. The average Bonchev–Trinajstić information content (AvgIpc) is 3.21. The van der Waals surface area contributed by atoms with Gasteiger partial charge in [0.05, 0.1) is 17.5 Å². The third-order valence-electron chi connectivity index (χ3n) is 4.30. The third-order valence-corrected chi connectivity index (χ3v) is 5.35. The molecule has 2 N–H and O–H groups in total. The number of benzene rings is 2. The number of ether oxygens (including phenoxy) is 4. The van der Waals surface area contributed by atoms with Gasteiger partial charge in [-0.2, -0.15) is 0 Å². The molecule has 0 bridgehead atoms. The van der Waals surface area contributed by atoms with Crippen LogP contribution in [-0.4, -0.2) is 17.7 Å². The molecule has 0 saturated heterocycles. The molecule has 0 spiro atoms. The molecule has 8 heteroatoms. The lowest BCUT2D eigenvalue weighted by molar-refractivity contribution is 0.105. The summed E-state index contributed by atoms with van der Waals surface area (Å²) in [6.45, 7) is 2.20. The number of carbonyl (C=O) groups excluding carboxylic acids is 1. The monoisotopic (exact) mass is 436 g/mol. The van der Waals surface area contributed by atoms with Crippen LogP contribution in [0.15, 0.2) is 66.2 Å². The minimum Gasteiger partial charge on any atom is -0.489 e. The molecule has 0 atom stereocenters. The zero-order valence-electron chi connectivity index (χ0n) is 16.7. The van der Waals surface area contributed by atoms with E-state index in [0.29, 0.717) is 33.2 Å². The van der Waals surface area contributed by atoms with Gasteiger partial charge >= 0.3 is 6.16 Å². The van der Waals surface area contributed by atoms with Crippen molar-refractivity contribution in [1.82, 2.24) is 4.98 Å². The van der Waals surface area contributed by atoms with E-state index < -0.39 is 6.16 Å². The summed E-state index contributed by atoms with van der Waals surface area (Å²) in [6, 6.07) is 16.9. The van der Waals surface area contributed by atoms with Gasteiger partial charge in [0, 0.05) is 17.0 Å². The Kier molecular flexibility index (Phi) is 6.18. The lowest BCUT2D eigenvalue weighted by Gasteiger charge is -2.10. The minimum absolute atomic E-state index is 0.223. The van der Waals surface area contributed by atoms with Crippen molar-refractivity contribution in [3.05, 3.63) is 71.7 Å². The van der Waals surface area contributed by atoms with Gasteiger partial charge in [-0.1, -0.05) is 24.3 Å². The van der Waals surface area contributed by atoms with Crippen LogP contribution in [0.5, 0.6) is 23.0 Å². The fraction of sp³-hybridized carbons (Fsp3) is 0.130. The number of pyridine rings is 1. The molecule has 0 saturated carbocycles. The molecule has 0 radical (unpaired) electrons. The molecule has 4 rings (SSSR count). The molecule has 0 unspecified atom stereocenters. The number of nitrogens with zero attached hydrogens (tertiary/aromatic N) is 1. The second-order valence-electron chi connectivity index (χ2n) is 6.44. The SMILES string of the molecule is CCOC(=O)Oc1cnc(N)c2c(COc3cccc(Oc4ccccc4)c3)csc12. The molecular weight excluding hydrogens is 416 g/mol. The Morgan fingerprint density at radius 2 is 1.84 bits per heavy atom. The van der Waals surface area contributed by atoms with Crippen LogP contribution in [0.1, 0.15) is 12.5 Å². The maximum Gasteiger partial charge on any atom is 0.513 e. The Morgan fingerprint density at radius 1 is 1.06 bits per heavy atom. The first-order chi connectivity index (χ1) is 15.1. The zero-order valence-corrected chi connectivity index (χ0v) is 17.6. The minimum atomic E-state index is -0.781. The number of carbonyl (C=O) groups is 1. The van der Waals surface area contributed by atoms with Crippen molar-refractivity contribution >= 4 is 33.4 Å². The topological polar surface area (TPSA) is 92.9 Å². The number of aromatic nitrogens is 1. The Bertz CT molecular complexity index is 1190. The van der Waals surface area contributed by atoms with Crippen molar-refractivity contribution in [3.63, 3.8) is 0 Å². The van der Waals surface area contributed by atoms with Crippen LogP contribution in [0.25, 0.3) is 10.1 Å². The lowest BCUT2D eigenvalue weighted by Crippen LogP contribution is -2.10. The summed E-state index contributed by atoms with van der Waals surface area (Å²) in [5, 5.41) is 2.61. The van der Waals surface area contributed by atoms with E-state index in [2.05, 4.69) is 4.98 Å². The van der Waals surface area contributed by atoms with Crippen LogP contribution >= 0.6 is 11.3 Å². The summed E-state index contributed by atoms with van der Waals surface area (Å²) in [7, 11) is 0. The highest BCUT2D eigenvalue weighted by molar-refractivity contribution is 7.17. The maximum absolute atomic E-state index is 11.7. The van der Waals surface area contributed by atoms with Gasteiger partial charge in [-0.3, -0.25) is 0 Å². The van der Waals surface area contributed by atoms with E-state index in [1.807, 2.05) is 60.0 Å². The molecule has 0 aliphatic heterocycles. The van der Waals surface area contributed by atoms with Crippen molar-refractivity contribution < 1.29 is 23.7 Å². The fourth-order valence-electron chi connectivity index (χ4n) is 2.94. The number of hydrogen-bond donors (Lipinski definition) is 1. The predicted molar refractivity (Wildman–Crippen MR) is 119 cm³/mol. The van der Waals surface area contributed by atoms with Gasteiger partial charge in [0.15, 0.2) is 5.75 Å². The van der Waals surface area contributed by atoms with Gasteiger partial charge in [0.1, 0.15) is 29.7 Å². The van der Waals surface area contributed by atoms with E-state index >= 15 is 0 Å². The van der Waals surface area contributed by atoms with Gasteiger partial charge < -0.3 is 24.7 Å². The average molecular weight is 436 g/mol. The Balaban J connectivity index is 1.50. The van der Waals surface area contributed by atoms with E-state index in [1.54, 1.807) is 6.92 Å². The molecule has 2 aromatic heterocycles. The van der Waals surface area contributed by atoms with Crippen molar-refractivity contribution in [1.29, 1.82) is 0 Å². The number of nitrogen functional groups attached to an aromatic ring is 1. The number of rotatable bonds is 7. The highest BCUT2D eigenvalue weighted by Crippen LogP contribution is 2.37. The number of fused-ring (bicyclic) bond motifs is 1. The summed E-state index contributed by atoms with van der Waals surface area (Å²) < 4.78 is 22.6. The van der Waals surface area contributed by atoms with Crippen molar-refractivity contribution in [3.8, 4) is 23.0 Å². The summed E-state index contributed by atoms with van der Waals surface area (Å²) in [5.74, 6) is 2.71. The van der Waals surface area contributed by atoms with Crippen molar-refractivity contribution in [2.45, 2.75) is 13.5 Å². The van der Waals surface area contributed by atoms with Gasteiger partial charge in [0.25, 0.3) is 0 Å². The van der Waals surface area contributed by atoms with Gasteiger partial charge in [-0.05, 0) is 36.6 Å². The van der Waals surface area contributed by atoms with Crippen molar-refractivity contribution in [2.24, 2.45) is 0 Å². The Hall–Kier alpha value is -3.78. The summed E-state index contributed by atoms with van der Waals surface area (Å²) >= 11 is 1.40. The number of nitrogens with two attached hydrogens (primary N) is 1. The molecule has 2 aromatic carbocycles. The van der Waals surface area contributed by atoms with E-state index in [9.17, 15) is 4.79 Å². The molecule has 4 aromatic rings. The summed E-state index contributed by atoms with van der Waals surface area (Å²) in [5.41, 5.74) is 6.93. The molecule has 0 amide bonds. The van der Waals surface area contributed by atoms with Crippen LogP contribution in [-0.2, 0) is 11.3 Å². The second-order valence-corrected chi connectivity index (χ2v) is 7.32. The van der Waals surface area contributed by atoms with Crippen LogP contribution in [0.4, 0.5) is 10.6 Å². The molecule has 0 aliphatic carbocycles. The molecule has 158 valence electrons. The van der Waals surface area contributed by atoms with Gasteiger partial charge in [-0.15, -0.1) is 11.3 Å². The van der Waals surface area contributed by atoms with E-state index in [4.69, 9.17) is 24.7 Å². The van der Waals surface area contributed by atoms with Gasteiger partial charge in [-0.25, -0.2) is 9.78 Å². The number of thiophene rings is 1. The first-order valence-corrected chi connectivity index (χ1v) is 10.5. The second kappa shape index (κ2) is 9.36. The van der Waals surface area contributed by atoms with Crippen LogP contribution < -0.4 is 19.9 Å². The molecule has 7 nitrogen and oxygen atoms in total. The Morgan fingerprint density at radius 3 is 2.65 bits per heavy atom. The van der Waals surface area contributed by atoms with E-state index in [0.717, 1.165) is 11.3 Å². The van der Waals surface area contributed by atoms with Gasteiger partial charge in [0.2, 0.25) is 0 Å². The lowest BCUT2D eigenvalue weighted by atomic mass is 10.2. The first kappa shape index (κ1) is 20.5. The van der Waals surface area contributed by atoms with Crippen LogP contribution in [0, 0.1) is 0 Å². The predicted octanol–water partition coefficient (Wildman–Crippen LogP) is 5.79.